The summed E-state index contributed by atoms with van der Waals surface area (Å²) in [5.41, 5.74) is 12.3. The molecule has 3 aliphatic carbocycles. The first-order valence-corrected chi connectivity index (χ1v) is 6.71. The lowest BCUT2D eigenvalue weighted by Gasteiger charge is -2.33. The van der Waals surface area contributed by atoms with Gasteiger partial charge in [-0.2, -0.15) is 0 Å². The molecule has 0 heterocycles. The summed E-state index contributed by atoms with van der Waals surface area (Å²) in [4.78, 5) is 0. The van der Waals surface area contributed by atoms with Crippen molar-refractivity contribution in [1.82, 2.24) is 0 Å². The number of nitrogens with two attached hydrogens (primary N) is 1. The first kappa shape index (κ1) is 11.0. The van der Waals surface area contributed by atoms with Crippen molar-refractivity contribution in [3.63, 3.8) is 0 Å². The lowest BCUT2D eigenvalue weighted by atomic mass is 9.75. The zero-order chi connectivity index (χ0) is 11.9. The maximum absolute atomic E-state index is 6.26. The van der Waals surface area contributed by atoms with Crippen LogP contribution in [0.2, 0.25) is 0 Å². The van der Waals surface area contributed by atoms with E-state index >= 15 is 0 Å². The molecule has 2 N–H and O–H groups in total. The monoisotopic (exact) mass is 227 g/mol. The topological polar surface area (TPSA) is 26.0 Å². The van der Waals surface area contributed by atoms with Crippen molar-refractivity contribution in [2.75, 3.05) is 0 Å². The molecule has 90 valence electrons. The summed E-state index contributed by atoms with van der Waals surface area (Å²) in [7, 11) is 0. The Bertz CT molecular complexity index is 458. The number of rotatable bonds is 0. The van der Waals surface area contributed by atoms with Crippen molar-refractivity contribution in [2.45, 2.75) is 51.0 Å². The summed E-state index contributed by atoms with van der Waals surface area (Å²) < 4.78 is 0. The van der Waals surface area contributed by atoms with Crippen molar-refractivity contribution in [3.05, 3.63) is 46.6 Å². The molecule has 0 aromatic heterocycles. The third-order valence-electron chi connectivity index (χ3n) is 4.11. The van der Waals surface area contributed by atoms with E-state index < -0.39 is 0 Å². The molecule has 0 saturated carbocycles. The predicted molar refractivity (Wildman–Crippen MR) is 72.6 cm³/mol. The molecule has 17 heavy (non-hydrogen) atoms. The van der Waals surface area contributed by atoms with Gasteiger partial charge in [-0.25, -0.2) is 0 Å². The fourth-order valence-electron chi connectivity index (χ4n) is 3.10. The van der Waals surface area contributed by atoms with E-state index in [4.69, 9.17) is 5.73 Å². The van der Waals surface area contributed by atoms with Gasteiger partial charge in [-0.05, 0) is 62.2 Å². The van der Waals surface area contributed by atoms with Crippen LogP contribution < -0.4 is 5.73 Å². The van der Waals surface area contributed by atoms with E-state index in [1.165, 1.54) is 36.8 Å². The highest BCUT2D eigenvalue weighted by Crippen LogP contribution is 2.40. The summed E-state index contributed by atoms with van der Waals surface area (Å²) >= 11 is 0. The quantitative estimate of drug-likeness (QED) is 0.669. The zero-order valence-corrected chi connectivity index (χ0v) is 10.6. The van der Waals surface area contributed by atoms with Gasteiger partial charge in [0.2, 0.25) is 0 Å². The smallest absolute Gasteiger partial charge is 0.0201 e. The predicted octanol–water partition coefficient (Wildman–Crippen LogP) is 3.79. The molecule has 0 aromatic rings. The number of hydrogen-bond acceptors (Lipinski definition) is 1. The fourth-order valence-corrected chi connectivity index (χ4v) is 3.10. The average molecular weight is 227 g/mol. The van der Waals surface area contributed by atoms with Gasteiger partial charge in [-0.15, -0.1) is 0 Å². The summed E-state index contributed by atoms with van der Waals surface area (Å²) in [5.74, 6) is 0. The second kappa shape index (κ2) is 3.99. The van der Waals surface area contributed by atoms with Crippen LogP contribution in [-0.2, 0) is 0 Å². The Balaban J connectivity index is 1.97. The van der Waals surface area contributed by atoms with E-state index in [-0.39, 0.29) is 5.54 Å². The molecule has 3 rings (SSSR count). The van der Waals surface area contributed by atoms with Crippen LogP contribution in [0.1, 0.15) is 45.4 Å². The average Bonchev–Trinajstić information content (AvgIpc) is 2.49. The Morgan fingerprint density at radius 3 is 3.06 bits per heavy atom. The van der Waals surface area contributed by atoms with Gasteiger partial charge in [0.1, 0.15) is 0 Å². The number of hydrogen-bond donors (Lipinski definition) is 1. The van der Waals surface area contributed by atoms with E-state index in [0.717, 1.165) is 12.8 Å². The van der Waals surface area contributed by atoms with Crippen LogP contribution in [0.5, 0.6) is 0 Å². The van der Waals surface area contributed by atoms with Crippen molar-refractivity contribution < 1.29 is 0 Å². The Labute approximate surface area is 104 Å². The molecular weight excluding hydrogens is 206 g/mol. The maximum atomic E-state index is 6.26. The first-order chi connectivity index (χ1) is 8.14. The third kappa shape index (κ3) is 2.16. The van der Waals surface area contributed by atoms with Gasteiger partial charge in [-0.3, -0.25) is 0 Å². The zero-order valence-electron chi connectivity index (χ0n) is 10.6. The van der Waals surface area contributed by atoms with Crippen molar-refractivity contribution in [1.29, 1.82) is 0 Å². The molecular formula is C16H21N. The second-order valence-corrected chi connectivity index (χ2v) is 5.96. The minimum absolute atomic E-state index is 0.0398. The number of allylic oxidation sites excluding steroid dienone is 6. The summed E-state index contributed by atoms with van der Waals surface area (Å²) in [5, 5.41) is 0. The van der Waals surface area contributed by atoms with Gasteiger partial charge < -0.3 is 5.73 Å². The van der Waals surface area contributed by atoms with Crippen molar-refractivity contribution >= 4 is 0 Å². The Kier molecular flexibility index (Phi) is 2.59. The lowest BCUT2D eigenvalue weighted by Crippen LogP contribution is -2.38. The molecule has 3 aliphatic rings. The minimum atomic E-state index is -0.0398. The Morgan fingerprint density at radius 1 is 1.29 bits per heavy atom. The maximum Gasteiger partial charge on any atom is 0.0201 e. The number of fused-ring (bicyclic) bond motifs is 1. The van der Waals surface area contributed by atoms with E-state index in [1.807, 2.05) is 0 Å². The molecule has 1 atom stereocenters. The van der Waals surface area contributed by atoms with Crippen LogP contribution in [-0.4, -0.2) is 5.54 Å². The van der Waals surface area contributed by atoms with Crippen LogP contribution >= 0.6 is 0 Å². The van der Waals surface area contributed by atoms with E-state index in [2.05, 4.69) is 31.2 Å². The van der Waals surface area contributed by atoms with Crippen LogP contribution in [0.15, 0.2) is 46.6 Å². The Morgan fingerprint density at radius 2 is 2.18 bits per heavy atom. The largest absolute Gasteiger partial charge is 0.325 e. The van der Waals surface area contributed by atoms with Gasteiger partial charge in [0.25, 0.3) is 0 Å². The summed E-state index contributed by atoms with van der Waals surface area (Å²) in [6.07, 6.45) is 16.4. The van der Waals surface area contributed by atoms with Gasteiger partial charge in [0, 0.05) is 5.54 Å². The van der Waals surface area contributed by atoms with Crippen molar-refractivity contribution in [2.24, 2.45) is 5.73 Å². The third-order valence-corrected chi connectivity index (χ3v) is 4.11. The lowest BCUT2D eigenvalue weighted by molar-refractivity contribution is 0.456. The molecule has 0 fully saturated rings. The molecule has 0 spiro atoms. The van der Waals surface area contributed by atoms with Gasteiger partial charge >= 0.3 is 0 Å². The molecule has 0 bridgehead atoms. The molecule has 1 unspecified atom stereocenters. The van der Waals surface area contributed by atoms with E-state index in [1.54, 1.807) is 11.1 Å². The molecule has 0 radical (unpaired) electrons. The van der Waals surface area contributed by atoms with E-state index in [9.17, 15) is 0 Å². The first-order valence-electron chi connectivity index (χ1n) is 6.71. The van der Waals surface area contributed by atoms with Gasteiger partial charge in [-0.1, -0.05) is 29.9 Å². The van der Waals surface area contributed by atoms with Crippen molar-refractivity contribution in [3.8, 4) is 0 Å². The van der Waals surface area contributed by atoms with Crippen LogP contribution in [0, 0.1) is 0 Å². The van der Waals surface area contributed by atoms with E-state index in [0.29, 0.717) is 0 Å². The van der Waals surface area contributed by atoms with Gasteiger partial charge in [0.15, 0.2) is 0 Å². The highest BCUT2D eigenvalue weighted by Gasteiger charge is 2.28. The fraction of sp³-hybridized carbons (Fsp3) is 0.500. The van der Waals surface area contributed by atoms with Crippen LogP contribution in [0.3, 0.4) is 0 Å². The Hall–Kier alpha value is -1.08. The SMILES string of the molecule is CC1(N)CC=C2CC3=C(C=CCCC3)C=C2C1. The second-order valence-electron chi connectivity index (χ2n) is 5.96. The summed E-state index contributed by atoms with van der Waals surface area (Å²) in [6.45, 7) is 2.16. The van der Waals surface area contributed by atoms with Gasteiger partial charge in [0.05, 0.1) is 0 Å². The molecule has 0 aromatic carbocycles. The van der Waals surface area contributed by atoms with Crippen LogP contribution in [0.25, 0.3) is 0 Å². The molecule has 0 aliphatic heterocycles. The molecule has 0 saturated heterocycles. The molecule has 0 amide bonds. The molecule has 1 nitrogen and oxygen atoms in total. The highest BCUT2D eigenvalue weighted by atomic mass is 14.7. The molecule has 1 heteroatoms. The normalized spacial score (nSPS) is 32.4. The highest BCUT2D eigenvalue weighted by molar-refractivity contribution is 5.53. The van der Waals surface area contributed by atoms with Crippen LogP contribution in [0.4, 0.5) is 0 Å². The minimum Gasteiger partial charge on any atom is -0.325 e. The standard InChI is InChI=1S/C16H21N/c1-16(17)8-7-14-9-12-5-3-2-4-6-13(12)10-15(14)11-16/h4,6-7,10H,2-3,5,8-9,11,17H2,1H3. The summed E-state index contributed by atoms with van der Waals surface area (Å²) in [6, 6.07) is 0.